The van der Waals surface area contributed by atoms with Crippen molar-refractivity contribution in [3.63, 3.8) is 0 Å². The average molecular weight is 286 g/mol. The van der Waals surface area contributed by atoms with Gasteiger partial charge in [-0.3, -0.25) is 4.79 Å². The Balaban J connectivity index is 2.11. The first-order valence-electron chi connectivity index (χ1n) is 6.37. The monoisotopic (exact) mass is 286 g/mol. The maximum atomic E-state index is 11.8. The normalized spacial score (nSPS) is 20.3. The number of ketones is 1. The summed E-state index contributed by atoms with van der Waals surface area (Å²) in [5.74, 6) is 0.432. The van der Waals surface area contributed by atoms with Gasteiger partial charge >= 0.3 is 0 Å². The molecule has 20 heavy (non-hydrogen) atoms. The number of carbonyl (C=O) groups excluding carboxylic acids is 1. The van der Waals surface area contributed by atoms with Crippen LogP contribution in [0, 0.1) is 0 Å². The number of pyridine rings is 1. The van der Waals surface area contributed by atoms with E-state index in [1.165, 1.54) is 6.08 Å². The number of fused-ring (bicyclic) bond motifs is 1. The molecule has 0 bridgehead atoms. The quantitative estimate of drug-likeness (QED) is 0.741. The van der Waals surface area contributed by atoms with Gasteiger partial charge in [0.25, 0.3) is 0 Å². The molecular weight excluding hydrogens is 272 g/mol. The zero-order valence-corrected chi connectivity index (χ0v) is 12.1. The largest absolute Gasteiger partial charge is 0.467 e. The smallest absolute Gasteiger partial charge is 0.223 e. The van der Waals surface area contributed by atoms with Crippen molar-refractivity contribution in [2.45, 2.75) is 19.4 Å². The zero-order chi connectivity index (χ0) is 14.3. The molecular formula is C15H14N2O2S. The molecule has 0 N–H and O–H groups in total. The van der Waals surface area contributed by atoms with Gasteiger partial charge in [-0.25, -0.2) is 4.98 Å². The lowest BCUT2D eigenvalue weighted by molar-refractivity contribution is -0.109. The Morgan fingerprint density at radius 3 is 3.05 bits per heavy atom. The van der Waals surface area contributed by atoms with Gasteiger partial charge in [0, 0.05) is 12.7 Å². The van der Waals surface area contributed by atoms with Crippen molar-refractivity contribution < 1.29 is 9.53 Å². The number of nitrogens with zero attached hydrogens (tertiary/aromatic N) is 2. The molecule has 0 amide bonds. The molecule has 5 heteroatoms. The highest BCUT2D eigenvalue weighted by Gasteiger charge is 2.32. The van der Waals surface area contributed by atoms with E-state index >= 15 is 0 Å². The molecule has 0 saturated heterocycles. The minimum Gasteiger partial charge on any atom is -0.467 e. The molecule has 0 spiro atoms. The van der Waals surface area contributed by atoms with E-state index in [0.717, 1.165) is 11.3 Å². The molecule has 0 saturated carbocycles. The Labute approximate surface area is 122 Å². The molecule has 1 aromatic rings. The van der Waals surface area contributed by atoms with E-state index in [1.807, 2.05) is 43.0 Å². The summed E-state index contributed by atoms with van der Waals surface area (Å²) < 4.78 is 5.84. The highest BCUT2D eigenvalue weighted by Crippen LogP contribution is 2.36. The van der Waals surface area contributed by atoms with Crippen LogP contribution in [0.15, 0.2) is 36.6 Å². The summed E-state index contributed by atoms with van der Waals surface area (Å²) in [5.41, 5.74) is 1.25. The summed E-state index contributed by atoms with van der Waals surface area (Å²) >= 11 is 5.26. The predicted molar refractivity (Wildman–Crippen MR) is 80.4 cm³/mol. The maximum Gasteiger partial charge on any atom is 0.223 e. The number of hydrogen-bond acceptors (Lipinski definition) is 4. The van der Waals surface area contributed by atoms with Crippen LogP contribution < -0.4 is 4.74 Å². The molecule has 2 aliphatic heterocycles. The number of aromatic nitrogens is 1. The van der Waals surface area contributed by atoms with Crippen molar-refractivity contribution in [1.82, 2.24) is 9.88 Å². The van der Waals surface area contributed by atoms with Crippen molar-refractivity contribution in [2.75, 3.05) is 6.54 Å². The molecule has 1 aromatic heterocycles. The SMILES string of the molecule is CC1(C)C=C(N2CC=CC(=O)C2=S)c2cccnc2O1. The van der Waals surface area contributed by atoms with Gasteiger partial charge in [0.15, 0.2) is 4.99 Å². The standard InChI is InChI=1S/C15H14N2O2S/c1-15(2)9-11(10-5-3-7-16-13(10)19-15)17-8-4-6-12(18)14(17)20/h3-7,9H,8H2,1-2H3. The van der Waals surface area contributed by atoms with Gasteiger partial charge in [0.2, 0.25) is 11.7 Å². The van der Waals surface area contributed by atoms with E-state index in [1.54, 1.807) is 6.20 Å². The highest BCUT2D eigenvalue weighted by atomic mass is 32.1. The van der Waals surface area contributed by atoms with Crippen molar-refractivity contribution in [3.05, 3.63) is 42.1 Å². The predicted octanol–water partition coefficient (Wildman–Crippen LogP) is 2.36. The number of hydrogen-bond donors (Lipinski definition) is 0. The van der Waals surface area contributed by atoms with Crippen LogP contribution in [0.2, 0.25) is 0 Å². The fourth-order valence-corrected chi connectivity index (χ4v) is 2.58. The van der Waals surface area contributed by atoms with E-state index in [9.17, 15) is 4.79 Å². The van der Waals surface area contributed by atoms with Crippen LogP contribution in [0.1, 0.15) is 19.4 Å². The lowest BCUT2D eigenvalue weighted by Gasteiger charge is -2.35. The van der Waals surface area contributed by atoms with Gasteiger partial charge in [-0.15, -0.1) is 0 Å². The summed E-state index contributed by atoms with van der Waals surface area (Å²) in [6.07, 6.45) is 7.01. The molecule has 0 aliphatic carbocycles. The van der Waals surface area contributed by atoms with Crippen LogP contribution in [0.5, 0.6) is 5.88 Å². The molecule has 0 unspecified atom stereocenters. The molecule has 4 nitrogen and oxygen atoms in total. The number of ether oxygens (including phenoxy) is 1. The van der Waals surface area contributed by atoms with E-state index in [2.05, 4.69) is 4.98 Å². The molecule has 0 atom stereocenters. The first kappa shape index (κ1) is 13.0. The highest BCUT2D eigenvalue weighted by molar-refractivity contribution is 7.82. The minimum atomic E-state index is -0.490. The second-order valence-electron chi connectivity index (χ2n) is 5.27. The molecule has 2 aliphatic rings. The van der Waals surface area contributed by atoms with Crippen molar-refractivity contribution >= 4 is 28.7 Å². The zero-order valence-electron chi connectivity index (χ0n) is 11.3. The van der Waals surface area contributed by atoms with Crippen LogP contribution in [-0.4, -0.2) is 32.8 Å². The number of thiocarbonyl (C=S) groups is 1. The van der Waals surface area contributed by atoms with Crippen LogP contribution >= 0.6 is 12.2 Å². The van der Waals surface area contributed by atoms with E-state index < -0.39 is 5.60 Å². The Hall–Kier alpha value is -2.01. The number of carbonyl (C=O) groups is 1. The van der Waals surface area contributed by atoms with Crippen LogP contribution in [0.3, 0.4) is 0 Å². The third kappa shape index (κ3) is 2.14. The molecule has 0 radical (unpaired) electrons. The van der Waals surface area contributed by atoms with Crippen LogP contribution in [0.4, 0.5) is 0 Å². The second-order valence-corrected chi connectivity index (χ2v) is 5.66. The number of rotatable bonds is 1. The van der Waals surface area contributed by atoms with Gasteiger partial charge in [-0.05, 0) is 38.1 Å². The average Bonchev–Trinajstić information content (AvgIpc) is 2.40. The summed E-state index contributed by atoms with van der Waals surface area (Å²) in [7, 11) is 0. The van der Waals surface area contributed by atoms with Crippen LogP contribution in [-0.2, 0) is 4.79 Å². The van der Waals surface area contributed by atoms with E-state index in [-0.39, 0.29) is 5.78 Å². The third-order valence-corrected chi connectivity index (χ3v) is 3.62. The second kappa shape index (κ2) is 4.52. The van der Waals surface area contributed by atoms with Gasteiger partial charge in [0.05, 0.1) is 11.3 Å². The first-order valence-corrected chi connectivity index (χ1v) is 6.78. The molecule has 3 rings (SSSR count). The summed E-state index contributed by atoms with van der Waals surface area (Å²) in [6, 6.07) is 3.77. The van der Waals surface area contributed by atoms with E-state index in [0.29, 0.717) is 17.4 Å². The van der Waals surface area contributed by atoms with E-state index in [4.69, 9.17) is 17.0 Å². The Kier molecular flexibility index (Phi) is 2.94. The Morgan fingerprint density at radius 1 is 1.45 bits per heavy atom. The van der Waals surface area contributed by atoms with Crippen molar-refractivity contribution in [2.24, 2.45) is 0 Å². The lowest BCUT2D eigenvalue weighted by Crippen LogP contribution is -2.40. The minimum absolute atomic E-state index is 0.137. The molecule has 0 fully saturated rings. The third-order valence-electron chi connectivity index (χ3n) is 3.20. The molecule has 0 aromatic carbocycles. The molecule has 102 valence electrons. The fourth-order valence-electron chi connectivity index (χ4n) is 2.34. The topological polar surface area (TPSA) is 42.4 Å². The maximum absolute atomic E-state index is 11.8. The Morgan fingerprint density at radius 2 is 2.25 bits per heavy atom. The summed E-state index contributed by atoms with van der Waals surface area (Å²) in [6.45, 7) is 4.49. The first-order chi connectivity index (χ1) is 9.48. The van der Waals surface area contributed by atoms with Gasteiger partial charge in [-0.2, -0.15) is 0 Å². The van der Waals surface area contributed by atoms with Gasteiger partial charge in [-0.1, -0.05) is 18.3 Å². The fraction of sp³-hybridized carbons (Fsp3) is 0.267. The summed E-state index contributed by atoms with van der Waals surface area (Å²) in [5, 5.41) is 0. The lowest BCUT2D eigenvalue weighted by atomic mass is 9.99. The van der Waals surface area contributed by atoms with Crippen molar-refractivity contribution in [3.8, 4) is 5.88 Å². The van der Waals surface area contributed by atoms with Crippen LogP contribution in [0.25, 0.3) is 5.70 Å². The molecule has 3 heterocycles. The van der Waals surface area contributed by atoms with Gasteiger partial charge < -0.3 is 9.64 Å². The summed E-state index contributed by atoms with van der Waals surface area (Å²) in [4.78, 5) is 18.2. The van der Waals surface area contributed by atoms with Gasteiger partial charge in [0.1, 0.15) is 5.60 Å². The Bertz CT molecular complexity index is 662. The van der Waals surface area contributed by atoms with Crippen molar-refractivity contribution in [1.29, 1.82) is 0 Å².